The van der Waals surface area contributed by atoms with Crippen LogP contribution >= 0.6 is 12.4 Å². The lowest BCUT2D eigenvalue weighted by Crippen LogP contribution is -2.37. The summed E-state index contributed by atoms with van der Waals surface area (Å²) in [4.78, 5) is 14.3. The Morgan fingerprint density at radius 2 is 1.83 bits per heavy atom. The van der Waals surface area contributed by atoms with Crippen molar-refractivity contribution < 1.29 is 13.2 Å². The lowest BCUT2D eigenvalue weighted by atomic mass is 10.2. The molecule has 1 aromatic rings. The predicted molar refractivity (Wildman–Crippen MR) is 96.8 cm³/mol. The molecule has 1 aliphatic heterocycles. The minimum absolute atomic E-state index is 0. The predicted octanol–water partition coefficient (Wildman–Crippen LogP) is 1.33. The van der Waals surface area contributed by atoms with E-state index in [0.29, 0.717) is 43.9 Å². The van der Waals surface area contributed by atoms with Crippen LogP contribution < -0.4 is 5.32 Å². The van der Waals surface area contributed by atoms with Crippen molar-refractivity contribution in [1.82, 2.24) is 14.5 Å². The first-order chi connectivity index (χ1) is 11.1. The second-order valence-corrected chi connectivity index (χ2v) is 7.60. The summed E-state index contributed by atoms with van der Waals surface area (Å²) in [6.07, 6.45) is 1.98. The first kappa shape index (κ1) is 20.9. The van der Waals surface area contributed by atoms with E-state index in [1.165, 1.54) is 4.31 Å². The number of sulfonamides is 1. The Balaban J connectivity index is 0.00000288. The van der Waals surface area contributed by atoms with Crippen LogP contribution in [0.15, 0.2) is 35.2 Å². The maximum absolute atomic E-state index is 12.6. The molecular weight excluding hydrogens is 350 g/mol. The third-order valence-electron chi connectivity index (χ3n) is 4.01. The van der Waals surface area contributed by atoms with Gasteiger partial charge in [0.2, 0.25) is 15.9 Å². The van der Waals surface area contributed by atoms with Crippen LogP contribution in [-0.4, -0.2) is 63.3 Å². The molecule has 0 spiro atoms. The lowest BCUT2D eigenvalue weighted by molar-refractivity contribution is -0.131. The van der Waals surface area contributed by atoms with Gasteiger partial charge in [-0.3, -0.25) is 4.79 Å². The lowest BCUT2D eigenvalue weighted by Gasteiger charge is -2.22. The van der Waals surface area contributed by atoms with E-state index in [1.54, 1.807) is 35.2 Å². The number of rotatable bonds is 6. The van der Waals surface area contributed by atoms with E-state index in [2.05, 4.69) is 5.32 Å². The van der Waals surface area contributed by atoms with Gasteiger partial charge in [0.25, 0.3) is 0 Å². The second-order valence-electron chi connectivity index (χ2n) is 5.66. The van der Waals surface area contributed by atoms with E-state index in [0.717, 1.165) is 13.0 Å². The Labute approximate surface area is 150 Å². The van der Waals surface area contributed by atoms with Crippen LogP contribution in [-0.2, 0) is 14.8 Å². The SMILES string of the molecule is CNCCCC(=O)N1CCCN(S(=O)(=O)c2ccccc2)CC1.Cl. The van der Waals surface area contributed by atoms with Crippen LogP contribution in [0.4, 0.5) is 0 Å². The van der Waals surface area contributed by atoms with Gasteiger partial charge < -0.3 is 10.2 Å². The van der Waals surface area contributed by atoms with Crippen LogP contribution in [0.3, 0.4) is 0 Å². The van der Waals surface area contributed by atoms with Gasteiger partial charge in [0.05, 0.1) is 4.90 Å². The van der Waals surface area contributed by atoms with Gasteiger partial charge in [-0.25, -0.2) is 8.42 Å². The number of nitrogens with one attached hydrogen (secondary N) is 1. The molecule has 24 heavy (non-hydrogen) atoms. The number of carbonyl (C=O) groups excluding carboxylic acids is 1. The molecule has 1 aromatic carbocycles. The number of halogens is 1. The monoisotopic (exact) mass is 375 g/mol. The van der Waals surface area contributed by atoms with E-state index in [1.807, 2.05) is 7.05 Å². The summed E-state index contributed by atoms with van der Waals surface area (Å²) in [7, 11) is -1.61. The molecule has 0 unspecified atom stereocenters. The Morgan fingerprint density at radius 3 is 2.50 bits per heavy atom. The summed E-state index contributed by atoms with van der Waals surface area (Å²) in [6.45, 7) is 2.71. The first-order valence-electron chi connectivity index (χ1n) is 8.03. The maximum atomic E-state index is 12.6. The Morgan fingerprint density at radius 1 is 1.12 bits per heavy atom. The number of amides is 1. The van der Waals surface area contributed by atoms with Crippen molar-refractivity contribution in [3.63, 3.8) is 0 Å². The molecule has 0 atom stereocenters. The summed E-state index contributed by atoms with van der Waals surface area (Å²) in [5.74, 6) is 0.110. The molecule has 1 saturated heterocycles. The fourth-order valence-electron chi connectivity index (χ4n) is 2.70. The van der Waals surface area contributed by atoms with Crippen molar-refractivity contribution in [3.8, 4) is 0 Å². The van der Waals surface area contributed by atoms with Crippen molar-refractivity contribution in [3.05, 3.63) is 30.3 Å². The highest BCUT2D eigenvalue weighted by atomic mass is 35.5. The molecule has 0 aromatic heterocycles. The topological polar surface area (TPSA) is 69.7 Å². The van der Waals surface area contributed by atoms with Crippen LogP contribution in [0.5, 0.6) is 0 Å². The van der Waals surface area contributed by atoms with Crippen LogP contribution in [0.2, 0.25) is 0 Å². The smallest absolute Gasteiger partial charge is 0.243 e. The summed E-state index contributed by atoms with van der Waals surface area (Å²) in [5.41, 5.74) is 0. The van der Waals surface area contributed by atoms with Gasteiger partial charge in [0.1, 0.15) is 0 Å². The average molecular weight is 376 g/mol. The molecule has 2 rings (SSSR count). The van der Waals surface area contributed by atoms with Crippen molar-refractivity contribution >= 4 is 28.3 Å². The van der Waals surface area contributed by atoms with E-state index < -0.39 is 10.0 Å². The molecule has 0 saturated carbocycles. The van der Waals surface area contributed by atoms with Gasteiger partial charge in [-0.2, -0.15) is 4.31 Å². The summed E-state index contributed by atoms with van der Waals surface area (Å²) >= 11 is 0. The highest BCUT2D eigenvalue weighted by molar-refractivity contribution is 7.89. The van der Waals surface area contributed by atoms with Crippen LogP contribution in [0, 0.1) is 0 Å². The zero-order valence-corrected chi connectivity index (χ0v) is 15.6. The average Bonchev–Trinajstić information content (AvgIpc) is 2.82. The number of hydrogen-bond donors (Lipinski definition) is 1. The fraction of sp³-hybridized carbons (Fsp3) is 0.562. The zero-order valence-electron chi connectivity index (χ0n) is 14.0. The number of hydrogen-bond acceptors (Lipinski definition) is 4. The number of carbonyl (C=O) groups is 1. The highest BCUT2D eigenvalue weighted by Crippen LogP contribution is 2.17. The van der Waals surface area contributed by atoms with Gasteiger partial charge in [0, 0.05) is 32.6 Å². The molecule has 1 fully saturated rings. The summed E-state index contributed by atoms with van der Waals surface area (Å²) in [5, 5.41) is 3.03. The molecule has 1 amide bonds. The third-order valence-corrected chi connectivity index (χ3v) is 5.92. The molecule has 0 bridgehead atoms. The van der Waals surface area contributed by atoms with Gasteiger partial charge in [-0.05, 0) is 38.6 Å². The summed E-state index contributed by atoms with van der Waals surface area (Å²) in [6, 6.07) is 8.47. The normalized spacial score (nSPS) is 16.3. The van der Waals surface area contributed by atoms with Gasteiger partial charge in [-0.1, -0.05) is 18.2 Å². The van der Waals surface area contributed by atoms with E-state index in [-0.39, 0.29) is 18.3 Å². The van der Waals surface area contributed by atoms with Gasteiger partial charge in [0.15, 0.2) is 0 Å². The first-order valence-corrected chi connectivity index (χ1v) is 9.47. The fourth-order valence-corrected chi connectivity index (χ4v) is 4.19. The quantitative estimate of drug-likeness (QED) is 0.761. The maximum Gasteiger partial charge on any atom is 0.243 e. The van der Waals surface area contributed by atoms with Gasteiger partial charge in [-0.15, -0.1) is 12.4 Å². The Bertz CT molecular complexity index is 610. The standard InChI is InChI=1S/C16H25N3O3S.ClH/c1-17-10-5-9-16(20)18-11-6-12-19(14-13-18)23(21,22)15-7-3-2-4-8-15;/h2-4,7-8,17H,5-6,9-14H2,1H3;1H. The molecule has 0 aliphatic carbocycles. The van der Waals surface area contributed by atoms with Crippen molar-refractivity contribution in [2.45, 2.75) is 24.2 Å². The van der Waals surface area contributed by atoms with Crippen LogP contribution in [0.1, 0.15) is 19.3 Å². The molecule has 136 valence electrons. The van der Waals surface area contributed by atoms with Crippen molar-refractivity contribution in [2.24, 2.45) is 0 Å². The van der Waals surface area contributed by atoms with E-state index in [4.69, 9.17) is 0 Å². The third kappa shape index (κ3) is 5.44. The minimum Gasteiger partial charge on any atom is -0.341 e. The molecule has 1 heterocycles. The van der Waals surface area contributed by atoms with Crippen molar-refractivity contribution in [1.29, 1.82) is 0 Å². The molecule has 1 N–H and O–H groups in total. The molecule has 8 heteroatoms. The van der Waals surface area contributed by atoms with Crippen molar-refractivity contribution in [2.75, 3.05) is 39.8 Å². The number of nitrogens with zero attached hydrogens (tertiary/aromatic N) is 2. The molecule has 1 aliphatic rings. The Kier molecular flexibility index (Phi) is 8.69. The molecule has 0 radical (unpaired) electrons. The zero-order chi connectivity index (χ0) is 16.7. The molecular formula is C16H26ClN3O3S. The minimum atomic E-state index is -3.47. The Hall–Kier alpha value is -1.15. The second kappa shape index (κ2) is 9.98. The van der Waals surface area contributed by atoms with Crippen LogP contribution in [0.25, 0.3) is 0 Å². The van der Waals surface area contributed by atoms with Gasteiger partial charge >= 0.3 is 0 Å². The highest BCUT2D eigenvalue weighted by Gasteiger charge is 2.27. The summed E-state index contributed by atoms with van der Waals surface area (Å²) < 4.78 is 26.8. The number of benzene rings is 1. The van der Waals surface area contributed by atoms with E-state index >= 15 is 0 Å². The molecule has 6 nitrogen and oxygen atoms in total. The van der Waals surface area contributed by atoms with E-state index in [9.17, 15) is 13.2 Å². The largest absolute Gasteiger partial charge is 0.341 e.